The van der Waals surface area contributed by atoms with Gasteiger partial charge < -0.3 is 20.1 Å². The Bertz CT molecular complexity index is 1550. The number of rotatable bonds is 6. The zero-order valence-corrected chi connectivity index (χ0v) is 20.6. The van der Waals surface area contributed by atoms with E-state index in [1.54, 1.807) is 20.4 Å². The molecule has 8 heteroatoms. The maximum absolute atomic E-state index is 6.45. The lowest BCUT2D eigenvalue weighted by Gasteiger charge is -2.22. The Balaban J connectivity index is 2.00. The quantitative estimate of drug-likeness (QED) is 0.360. The van der Waals surface area contributed by atoms with E-state index in [4.69, 9.17) is 25.2 Å². The van der Waals surface area contributed by atoms with Crippen molar-refractivity contribution in [2.45, 2.75) is 0 Å². The highest BCUT2D eigenvalue weighted by atomic mass is 16.5. The van der Waals surface area contributed by atoms with Crippen molar-refractivity contribution in [1.82, 2.24) is 19.9 Å². The fourth-order valence-corrected chi connectivity index (χ4v) is 4.40. The highest BCUT2D eigenvalue weighted by Crippen LogP contribution is 2.46. The second-order valence-electron chi connectivity index (χ2n) is 8.37. The summed E-state index contributed by atoms with van der Waals surface area (Å²) in [4.78, 5) is 20.6. The summed E-state index contributed by atoms with van der Waals surface area (Å²) in [6, 6.07) is 19.8. The minimum absolute atomic E-state index is 0.355. The van der Waals surface area contributed by atoms with E-state index in [0.29, 0.717) is 34.0 Å². The van der Waals surface area contributed by atoms with Gasteiger partial charge in [-0.15, -0.1) is 0 Å². The molecule has 0 unspecified atom stereocenters. The highest BCUT2D eigenvalue weighted by molar-refractivity contribution is 6.10. The summed E-state index contributed by atoms with van der Waals surface area (Å²) in [5.41, 5.74) is 12.8. The van der Waals surface area contributed by atoms with Gasteiger partial charge >= 0.3 is 0 Å². The van der Waals surface area contributed by atoms with E-state index in [1.807, 2.05) is 79.7 Å². The van der Waals surface area contributed by atoms with Crippen LogP contribution in [0.1, 0.15) is 0 Å². The minimum Gasteiger partial charge on any atom is -0.493 e. The Morgan fingerprint density at radius 2 is 1.53 bits per heavy atom. The van der Waals surface area contributed by atoms with Gasteiger partial charge in [-0.05, 0) is 35.4 Å². The average molecular weight is 479 g/mol. The molecule has 0 radical (unpaired) electrons. The van der Waals surface area contributed by atoms with Crippen LogP contribution in [-0.2, 0) is 0 Å². The van der Waals surface area contributed by atoms with Crippen LogP contribution in [0, 0.1) is 0 Å². The monoisotopic (exact) mass is 478 g/mol. The smallest absolute Gasteiger partial charge is 0.165 e. The van der Waals surface area contributed by atoms with Crippen LogP contribution in [0.25, 0.3) is 44.7 Å². The number of pyridine rings is 2. The molecule has 0 aliphatic carbocycles. The van der Waals surface area contributed by atoms with E-state index in [-0.39, 0.29) is 0 Å². The summed E-state index contributed by atoms with van der Waals surface area (Å²) in [6.07, 6.45) is 3.20. The SMILES string of the molecule is COc1ccc(-c2c(-c3ncccc3N(C)C)nc3ncnc(N)c3c2-c2ccccc2)cc1OC. The topological polar surface area (TPSA) is 99.3 Å². The van der Waals surface area contributed by atoms with E-state index < -0.39 is 0 Å². The molecular formula is C28H26N6O2. The predicted molar refractivity (Wildman–Crippen MR) is 143 cm³/mol. The third-order valence-corrected chi connectivity index (χ3v) is 6.04. The van der Waals surface area contributed by atoms with Crippen LogP contribution >= 0.6 is 0 Å². The Morgan fingerprint density at radius 3 is 2.25 bits per heavy atom. The molecule has 0 aliphatic rings. The largest absolute Gasteiger partial charge is 0.493 e. The molecule has 3 heterocycles. The lowest BCUT2D eigenvalue weighted by atomic mass is 9.89. The van der Waals surface area contributed by atoms with Gasteiger partial charge in [0.25, 0.3) is 0 Å². The Labute approximate surface area is 209 Å². The molecule has 3 aromatic heterocycles. The number of aromatic nitrogens is 4. The summed E-state index contributed by atoms with van der Waals surface area (Å²) in [6.45, 7) is 0. The van der Waals surface area contributed by atoms with Crippen LogP contribution in [0.5, 0.6) is 11.5 Å². The predicted octanol–water partition coefficient (Wildman–Crippen LogP) is 5.09. The van der Waals surface area contributed by atoms with E-state index in [1.165, 1.54) is 6.33 Å². The molecule has 0 aliphatic heterocycles. The number of benzene rings is 2. The van der Waals surface area contributed by atoms with Crippen LogP contribution < -0.4 is 20.1 Å². The van der Waals surface area contributed by atoms with Gasteiger partial charge in [-0.2, -0.15) is 0 Å². The van der Waals surface area contributed by atoms with Crippen molar-refractivity contribution in [3.63, 3.8) is 0 Å². The molecule has 0 fully saturated rings. The number of hydrogen-bond donors (Lipinski definition) is 1. The van der Waals surface area contributed by atoms with Crippen molar-refractivity contribution in [2.24, 2.45) is 0 Å². The average Bonchev–Trinajstić information content (AvgIpc) is 2.92. The molecular weight excluding hydrogens is 452 g/mol. The lowest BCUT2D eigenvalue weighted by molar-refractivity contribution is 0.355. The van der Waals surface area contributed by atoms with E-state index in [9.17, 15) is 0 Å². The first-order valence-corrected chi connectivity index (χ1v) is 11.4. The Morgan fingerprint density at radius 1 is 0.750 bits per heavy atom. The Kier molecular flexibility index (Phi) is 6.08. The minimum atomic E-state index is 0.355. The van der Waals surface area contributed by atoms with Crippen LogP contribution in [0.3, 0.4) is 0 Å². The summed E-state index contributed by atoms with van der Waals surface area (Å²) in [5.74, 6) is 1.59. The maximum atomic E-state index is 6.45. The van der Waals surface area contributed by atoms with Crippen LogP contribution in [-0.4, -0.2) is 48.3 Å². The third kappa shape index (κ3) is 3.92. The number of hydrogen-bond acceptors (Lipinski definition) is 8. The number of anilines is 2. The van der Waals surface area contributed by atoms with Gasteiger partial charge in [0.2, 0.25) is 0 Å². The number of nitrogen functional groups attached to an aromatic ring is 1. The number of ether oxygens (including phenoxy) is 2. The number of nitrogens with zero attached hydrogens (tertiary/aromatic N) is 5. The van der Waals surface area contributed by atoms with Crippen molar-refractivity contribution < 1.29 is 9.47 Å². The number of nitrogens with two attached hydrogens (primary N) is 1. The molecule has 5 aromatic rings. The van der Waals surface area contributed by atoms with E-state index in [0.717, 1.165) is 33.6 Å². The lowest BCUT2D eigenvalue weighted by Crippen LogP contribution is -2.12. The van der Waals surface area contributed by atoms with Gasteiger partial charge in [0.15, 0.2) is 17.1 Å². The second kappa shape index (κ2) is 9.50. The normalized spacial score (nSPS) is 10.9. The van der Waals surface area contributed by atoms with Crippen LogP contribution in [0.15, 0.2) is 73.2 Å². The van der Waals surface area contributed by atoms with Crippen LogP contribution in [0.4, 0.5) is 11.5 Å². The van der Waals surface area contributed by atoms with Crippen molar-refractivity contribution in [3.8, 4) is 45.1 Å². The van der Waals surface area contributed by atoms with E-state index in [2.05, 4.69) is 9.97 Å². The molecule has 0 atom stereocenters. The molecule has 180 valence electrons. The molecule has 0 amide bonds. The number of methoxy groups -OCH3 is 2. The summed E-state index contributed by atoms with van der Waals surface area (Å²) in [7, 11) is 7.20. The van der Waals surface area contributed by atoms with Crippen molar-refractivity contribution in [3.05, 3.63) is 73.2 Å². The number of fused-ring (bicyclic) bond motifs is 1. The second-order valence-corrected chi connectivity index (χ2v) is 8.37. The first kappa shape index (κ1) is 23.0. The molecule has 0 bridgehead atoms. The fourth-order valence-electron chi connectivity index (χ4n) is 4.40. The third-order valence-electron chi connectivity index (χ3n) is 6.04. The Hall–Kier alpha value is -4.72. The standard InChI is InChI=1S/C28H26N6O2/c1-34(2)19-11-8-14-30-25(19)26-23(18-12-13-20(35-3)21(15-18)36-4)22(17-9-6-5-7-10-17)24-27(29)31-16-32-28(24)33-26/h5-16H,1-4H3,(H2,29,31,32,33). The molecule has 2 N–H and O–H groups in total. The van der Waals surface area contributed by atoms with Crippen molar-refractivity contribution in [1.29, 1.82) is 0 Å². The van der Waals surface area contributed by atoms with E-state index >= 15 is 0 Å². The van der Waals surface area contributed by atoms with Gasteiger partial charge in [0.05, 0.1) is 25.3 Å². The maximum Gasteiger partial charge on any atom is 0.165 e. The summed E-state index contributed by atoms with van der Waals surface area (Å²) >= 11 is 0. The highest BCUT2D eigenvalue weighted by Gasteiger charge is 2.25. The molecule has 0 saturated carbocycles. The molecule has 2 aromatic carbocycles. The van der Waals surface area contributed by atoms with Gasteiger partial charge in [0.1, 0.15) is 23.5 Å². The van der Waals surface area contributed by atoms with Crippen LogP contribution in [0.2, 0.25) is 0 Å². The van der Waals surface area contributed by atoms with Gasteiger partial charge in [0, 0.05) is 31.4 Å². The van der Waals surface area contributed by atoms with Gasteiger partial charge in [-0.1, -0.05) is 36.4 Å². The molecule has 8 nitrogen and oxygen atoms in total. The van der Waals surface area contributed by atoms with Gasteiger partial charge in [-0.3, -0.25) is 4.98 Å². The molecule has 0 spiro atoms. The molecule has 36 heavy (non-hydrogen) atoms. The fraction of sp³-hybridized carbons (Fsp3) is 0.143. The first-order valence-electron chi connectivity index (χ1n) is 11.4. The molecule has 0 saturated heterocycles. The molecule has 5 rings (SSSR count). The zero-order valence-electron chi connectivity index (χ0n) is 20.6. The zero-order chi connectivity index (χ0) is 25.2. The van der Waals surface area contributed by atoms with Crippen molar-refractivity contribution >= 4 is 22.5 Å². The summed E-state index contributed by atoms with van der Waals surface area (Å²) in [5, 5.41) is 0.680. The van der Waals surface area contributed by atoms with Gasteiger partial charge in [-0.25, -0.2) is 15.0 Å². The first-order chi connectivity index (χ1) is 17.5. The summed E-state index contributed by atoms with van der Waals surface area (Å²) < 4.78 is 11.1. The van der Waals surface area contributed by atoms with Crippen molar-refractivity contribution in [2.75, 3.05) is 38.9 Å².